The molecule has 116 valence electrons. The van der Waals surface area contributed by atoms with Crippen molar-refractivity contribution in [2.24, 2.45) is 0 Å². The first-order valence-electron chi connectivity index (χ1n) is 6.81. The van der Waals surface area contributed by atoms with Crippen molar-refractivity contribution in [3.05, 3.63) is 59.0 Å². The summed E-state index contributed by atoms with van der Waals surface area (Å²) in [4.78, 5) is 16.0. The second-order valence-electron chi connectivity index (χ2n) is 4.67. The summed E-state index contributed by atoms with van der Waals surface area (Å²) in [5.41, 5.74) is 1.02. The number of thioether (sulfide) groups is 2. The van der Waals surface area contributed by atoms with E-state index in [-0.39, 0.29) is 5.91 Å². The number of hydrogen-bond donors (Lipinski definition) is 1. The highest BCUT2D eigenvalue weighted by Gasteiger charge is 2.22. The van der Waals surface area contributed by atoms with Crippen LogP contribution in [0.5, 0.6) is 0 Å². The predicted octanol–water partition coefficient (Wildman–Crippen LogP) is 5.05. The molecule has 6 heteroatoms. The topological polar surface area (TPSA) is 29.1 Å². The highest BCUT2D eigenvalue weighted by atomic mass is 32.2. The molecule has 1 aliphatic heterocycles. The molecular weight excluding hydrogens is 362 g/mol. The summed E-state index contributed by atoms with van der Waals surface area (Å²) in [6, 6.07) is 16.5. The van der Waals surface area contributed by atoms with Crippen LogP contribution in [0.2, 0.25) is 0 Å². The zero-order chi connectivity index (χ0) is 16.2. The lowest BCUT2D eigenvalue weighted by atomic mass is 10.2. The standard InChI is InChI=1S/C17H13NOS4/c1-21-12-6-8-13(9-7-12)22-14-5-3-2-4-11(14)10-15-16(19)18-17(20)23-15/h2-10H,1H3,(H,18,19,20). The first-order chi connectivity index (χ1) is 11.2. The van der Waals surface area contributed by atoms with Gasteiger partial charge >= 0.3 is 0 Å². The molecular formula is C17H13NOS4. The molecule has 23 heavy (non-hydrogen) atoms. The molecule has 0 radical (unpaired) electrons. The maximum absolute atomic E-state index is 11.8. The van der Waals surface area contributed by atoms with Gasteiger partial charge in [0.2, 0.25) is 0 Å². The molecule has 1 fully saturated rings. The lowest BCUT2D eigenvalue weighted by Crippen LogP contribution is -2.17. The molecule has 0 unspecified atom stereocenters. The number of hydrogen-bond acceptors (Lipinski definition) is 5. The second-order valence-corrected chi connectivity index (χ2v) is 8.38. The molecule has 2 aromatic carbocycles. The summed E-state index contributed by atoms with van der Waals surface area (Å²) in [7, 11) is 0. The maximum atomic E-state index is 11.8. The summed E-state index contributed by atoms with van der Waals surface area (Å²) in [5.74, 6) is -0.121. The van der Waals surface area contributed by atoms with Gasteiger partial charge in [-0.1, -0.05) is 53.9 Å². The van der Waals surface area contributed by atoms with Crippen molar-refractivity contribution in [2.75, 3.05) is 6.26 Å². The van der Waals surface area contributed by atoms with E-state index in [0.717, 1.165) is 10.5 Å². The van der Waals surface area contributed by atoms with Crippen LogP contribution in [0.15, 0.2) is 68.1 Å². The molecule has 1 saturated heterocycles. The number of carbonyl (C=O) groups excluding carboxylic acids is 1. The Morgan fingerprint density at radius 1 is 1.09 bits per heavy atom. The Kier molecular flexibility index (Phi) is 5.48. The fourth-order valence-corrected chi connectivity index (χ4v) is 4.39. The van der Waals surface area contributed by atoms with Crippen LogP contribution in [0.25, 0.3) is 6.08 Å². The number of amides is 1. The van der Waals surface area contributed by atoms with Crippen LogP contribution in [0.1, 0.15) is 5.56 Å². The fourth-order valence-electron chi connectivity index (χ4n) is 2.03. The Morgan fingerprint density at radius 2 is 1.78 bits per heavy atom. The highest BCUT2D eigenvalue weighted by molar-refractivity contribution is 8.26. The van der Waals surface area contributed by atoms with Gasteiger partial charge in [-0.25, -0.2) is 0 Å². The fraction of sp³-hybridized carbons (Fsp3) is 0.0588. The van der Waals surface area contributed by atoms with Gasteiger partial charge < -0.3 is 5.32 Å². The predicted molar refractivity (Wildman–Crippen MR) is 105 cm³/mol. The van der Waals surface area contributed by atoms with Crippen molar-refractivity contribution in [3.8, 4) is 0 Å². The van der Waals surface area contributed by atoms with Crippen molar-refractivity contribution >= 4 is 63.8 Å². The van der Waals surface area contributed by atoms with Gasteiger partial charge in [0.05, 0.1) is 4.91 Å². The largest absolute Gasteiger partial charge is 0.307 e. The van der Waals surface area contributed by atoms with E-state index in [1.54, 1.807) is 23.5 Å². The van der Waals surface area contributed by atoms with Crippen molar-refractivity contribution in [1.29, 1.82) is 0 Å². The van der Waals surface area contributed by atoms with E-state index >= 15 is 0 Å². The minimum atomic E-state index is -0.121. The second kappa shape index (κ2) is 7.57. The van der Waals surface area contributed by atoms with Gasteiger partial charge in [-0.2, -0.15) is 0 Å². The van der Waals surface area contributed by atoms with E-state index in [1.807, 2.05) is 24.3 Å². The van der Waals surface area contributed by atoms with Crippen LogP contribution in [-0.2, 0) is 4.79 Å². The van der Waals surface area contributed by atoms with Crippen molar-refractivity contribution in [3.63, 3.8) is 0 Å². The normalized spacial score (nSPS) is 16.0. The van der Waals surface area contributed by atoms with Gasteiger partial charge in [0.25, 0.3) is 5.91 Å². The Hall–Kier alpha value is -1.21. The van der Waals surface area contributed by atoms with E-state index in [4.69, 9.17) is 12.2 Å². The van der Waals surface area contributed by atoms with Crippen molar-refractivity contribution in [1.82, 2.24) is 5.32 Å². The molecule has 0 atom stereocenters. The average Bonchev–Trinajstić information content (AvgIpc) is 2.87. The highest BCUT2D eigenvalue weighted by Crippen LogP contribution is 2.34. The molecule has 1 heterocycles. The summed E-state index contributed by atoms with van der Waals surface area (Å²) in [6.45, 7) is 0. The number of nitrogens with one attached hydrogen (secondary N) is 1. The number of rotatable bonds is 4. The summed E-state index contributed by atoms with van der Waals surface area (Å²) < 4.78 is 0.513. The van der Waals surface area contributed by atoms with E-state index in [0.29, 0.717) is 9.23 Å². The molecule has 0 saturated carbocycles. The van der Waals surface area contributed by atoms with Crippen LogP contribution in [0.4, 0.5) is 0 Å². The monoisotopic (exact) mass is 375 g/mol. The third-order valence-electron chi connectivity index (χ3n) is 3.13. The molecule has 0 bridgehead atoms. The lowest BCUT2D eigenvalue weighted by Gasteiger charge is -2.07. The SMILES string of the molecule is CSc1ccc(Sc2ccccc2C=C2SC(=S)NC2=O)cc1. The molecule has 3 rings (SSSR count). The third kappa shape index (κ3) is 4.20. The molecule has 2 aromatic rings. The molecule has 1 N–H and O–H groups in total. The summed E-state index contributed by atoms with van der Waals surface area (Å²) in [5, 5.41) is 2.65. The Morgan fingerprint density at radius 3 is 2.43 bits per heavy atom. The molecule has 0 aliphatic carbocycles. The Balaban J connectivity index is 1.87. The molecule has 1 aliphatic rings. The number of thiocarbonyl (C=S) groups is 1. The van der Waals surface area contributed by atoms with Gasteiger partial charge in [-0.05, 0) is 48.2 Å². The minimum absolute atomic E-state index is 0.121. The maximum Gasteiger partial charge on any atom is 0.263 e. The smallest absolute Gasteiger partial charge is 0.263 e. The van der Waals surface area contributed by atoms with Crippen molar-refractivity contribution in [2.45, 2.75) is 14.7 Å². The van der Waals surface area contributed by atoms with Crippen LogP contribution < -0.4 is 5.32 Å². The number of benzene rings is 2. The first-order valence-corrected chi connectivity index (χ1v) is 10.1. The lowest BCUT2D eigenvalue weighted by molar-refractivity contribution is -0.115. The van der Waals surface area contributed by atoms with Gasteiger partial charge in [-0.3, -0.25) is 4.79 Å². The zero-order valence-electron chi connectivity index (χ0n) is 12.2. The molecule has 0 aromatic heterocycles. The molecule has 0 spiro atoms. The number of carbonyl (C=O) groups is 1. The molecule has 2 nitrogen and oxygen atoms in total. The minimum Gasteiger partial charge on any atom is -0.307 e. The third-order valence-corrected chi connectivity index (χ3v) is 6.14. The van der Waals surface area contributed by atoms with E-state index in [1.165, 1.54) is 21.6 Å². The van der Waals surface area contributed by atoms with Gasteiger partial charge in [0.15, 0.2) is 0 Å². The van der Waals surface area contributed by atoms with Crippen molar-refractivity contribution < 1.29 is 4.79 Å². The van der Waals surface area contributed by atoms with Gasteiger partial charge in [0, 0.05) is 14.7 Å². The van der Waals surface area contributed by atoms with Crippen LogP contribution in [0, 0.1) is 0 Å². The van der Waals surface area contributed by atoms with Gasteiger partial charge in [0.1, 0.15) is 4.32 Å². The van der Waals surface area contributed by atoms with Crippen LogP contribution in [-0.4, -0.2) is 16.5 Å². The van der Waals surface area contributed by atoms with E-state index in [2.05, 4.69) is 41.9 Å². The zero-order valence-corrected chi connectivity index (χ0v) is 15.5. The summed E-state index contributed by atoms with van der Waals surface area (Å²) >= 11 is 9.76. The average molecular weight is 376 g/mol. The Labute approximate surface area is 153 Å². The van der Waals surface area contributed by atoms with E-state index < -0.39 is 0 Å². The quantitative estimate of drug-likeness (QED) is 0.459. The first kappa shape index (κ1) is 16.6. The molecule has 1 amide bonds. The van der Waals surface area contributed by atoms with Gasteiger partial charge in [-0.15, -0.1) is 11.8 Å². The van der Waals surface area contributed by atoms with E-state index in [9.17, 15) is 4.79 Å². The van der Waals surface area contributed by atoms with Crippen LogP contribution >= 0.6 is 47.5 Å². The Bertz CT molecular complexity index is 783. The summed E-state index contributed by atoms with van der Waals surface area (Å²) in [6.07, 6.45) is 3.97. The van der Waals surface area contributed by atoms with Crippen LogP contribution in [0.3, 0.4) is 0 Å².